The smallest absolute Gasteiger partial charge is 0.157 e. The van der Waals surface area contributed by atoms with Gasteiger partial charge in [-0.3, -0.25) is 4.40 Å². The predicted octanol–water partition coefficient (Wildman–Crippen LogP) is 4.53. The van der Waals surface area contributed by atoms with Crippen LogP contribution in [0.3, 0.4) is 0 Å². The molecule has 0 aliphatic heterocycles. The van der Waals surface area contributed by atoms with Gasteiger partial charge >= 0.3 is 0 Å². The number of para-hydroxylation sites is 2. The first-order chi connectivity index (χ1) is 10.5. The summed E-state index contributed by atoms with van der Waals surface area (Å²) in [5.41, 5.74) is 5.64. The molecule has 1 aliphatic rings. The first kappa shape index (κ1) is 13.6. The summed E-state index contributed by atoms with van der Waals surface area (Å²) in [6, 6.07) is 10.3. The van der Waals surface area contributed by atoms with Crippen LogP contribution in [0.15, 0.2) is 24.3 Å². The molecule has 4 heteroatoms. The van der Waals surface area contributed by atoms with Crippen LogP contribution in [-0.4, -0.2) is 9.38 Å². The van der Waals surface area contributed by atoms with E-state index in [9.17, 15) is 5.26 Å². The van der Waals surface area contributed by atoms with Crippen molar-refractivity contribution in [2.75, 3.05) is 0 Å². The number of pyridine rings is 1. The quantitative estimate of drug-likeness (QED) is 0.573. The van der Waals surface area contributed by atoms with Crippen molar-refractivity contribution in [2.24, 2.45) is 5.41 Å². The lowest BCUT2D eigenvalue weighted by atomic mass is 9.74. The summed E-state index contributed by atoms with van der Waals surface area (Å²) in [5, 5.41) is 10.4. The highest BCUT2D eigenvalue weighted by atomic mass is 35.5. The Kier molecular flexibility index (Phi) is 2.76. The largest absolute Gasteiger partial charge is 0.281 e. The lowest BCUT2D eigenvalue weighted by Gasteiger charge is -2.32. The lowest BCUT2D eigenvalue weighted by Crippen LogP contribution is -2.24. The van der Waals surface area contributed by atoms with Gasteiger partial charge in [0, 0.05) is 0 Å². The van der Waals surface area contributed by atoms with Crippen molar-refractivity contribution in [1.82, 2.24) is 9.38 Å². The molecule has 1 aromatic carbocycles. The van der Waals surface area contributed by atoms with Crippen LogP contribution in [0.5, 0.6) is 0 Å². The molecule has 0 amide bonds. The van der Waals surface area contributed by atoms with Gasteiger partial charge in [0.25, 0.3) is 0 Å². The van der Waals surface area contributed by atoms with Crippen LogP contribution in [0.2, 0.25) is 5.15 Å². The van der Waals surface area contributed by atoms with Crippen LogP contribution in [0.25, 0.3) is 16.7 Å². The van der Waals surface area contributed by atoms with E-state index in [2.05, 4.69) is 24.9 Å². The monoisotopic (exact) mass is 309 g/mol. The second-order valence-electron chi connectivity index (χ2n) is 6.84. The summed E-state index contributed by atoms with van der Waals surface area (Å²) in [6.07, 6.45) is 2.87. The molecule has 0 fully saturated rings. The Morgan fingerprint density at radius 1 is 1.27 bits per heavy atom. The Morgan fingerprint density at radius 2 is 2.05 bits per heavy atom. The zero-order chi connectivity index (χ0) is 15.5. The van der Waals surface area contributed by atoms with E-state index in [0.717, 1.165) is 41.4 Å². The highest BCUT2D eigenvalue weighted by Gasteiger charge is 2.31. The molecule has 0 spiro atoms. The summed E-state index contributed by atoms with van der Waals surface area (Å²) in [6.45, 7) is 4.52. The molecule has 0 saturated carbocycles. The number of benzene rings is 1. The van der Waals surface area contributed by atoms with Gasteiger partial charge in [-0.2, -0.15) is 5.26 Å². The van der Waals surface area contributed by atoms with Gasteiger partial charge in [-0.05, 0) is 47.9 Å². The maximum atomic E-state index is 9.69. The summed E-state index contributed by atoms with van der Waals surface area (Å²) in [7, 11) is 0. The molecule has 0 saturated heterocycles. The van der Waals surface area contributed by atoms with E-state index in [-0.39, 0.29) is 5.41 Å². The standard InChI is InChI=1S/C18H16ClN3/c1-18(2)8-7-11-12(9-18)16(19)22-15-6-4-3-5-14(15)21-17(22)13(11)10-20/h3-6H,7-9H2,1-2H3. The molecular weight excluding hydrogens is 294 g/mol. The second kappa shape index (κ2) is 4.47. The van der Waals surface area contributed by atoms with Gasteiger partial charge in [0.2, 0.25) is 0 Å². The fourth-order valence-electron chi connectivity index (χ4n) is 3.54. The molecule has 22 heavy (non-hydrogen) atoms. The molecule has 3 nitrogen and oxygen atoms in total. The Labute approximate surface area is 134 Å². The topological polar surface area (TPSA) is 41.1 Å². The molecule has 3 aromatic rings. The Morgan fingerprint density at radius 3 is 2.82 bits per heavy atom. The molecule has 2 heterocycles. The third-order valence-electron chi connectivity index (χ3n) is 4.71. The van der Waals surface area contributed by atoms with Gasteiger partial charge in [0.05, 0.1) is 16.6 Å². The van der Waals surface area contributed by atoms with Crippen molar-refractivity contribution in [1.29, 1.82) is 5.26 Å². The highest BCUT2D eigenvalue weighted by molar-refractivity contribution is 6.31. The van der Waals surface area contributed by atoms with E-state index in [4.69, 9.17) is 11.6 Å². The molecule has 4 rings (SSSR count). The molecule has 0 bridgehead atoms. The number of hydrogen-bond donors (Lipinski definition) is 0. The fourth-order valence-corrected chi connectivity index (χ4v) is 3.89. The summed E-state index contributed by atoms with van der Waals surface area (Å²) < 4.78 is 1.94. The van der Waals surface area contributed by atoms with Gasteiger partial charge in [-0.15, -0.1) is 0 Å². The summed E-state index contributed by atoms with van der Waals surface area (Å²) >= 11 is 6.75. The number of halogens is 1. The Balaban J connectivity index is 2.19. The van der Waals surface area contributed by atoms with Crippen molar-refractivity contribution in [3.05, 3.63) is 46.1 Å². The van der Waals surface area contributed by atoms with Crippen LogP contribution in [0.4, 0.5) is 0 Å². The minimum absolute atomic E-state index is 0.216. The Hall–Kier alpha value is -2.05. The van der Waals surface area contributed by atoms with E-state index in [1.54, 1.807) is 0 Å². The van der Waals surface area contributed by atoms with Gasteiger partial charge in [0.1, 0.15) is 11.2 Å². The van der Waals surface area contributed by atoms with Crippen LogP contribution in [-0.2, 0) is 12.8 Å². The van der Waals surface area contributed by atoms with Crippen LogP contribution < -0.4 is 0 Å². The minimum atomic E-state index is 0.216. The van der Waals surface area contributed by atoms with Crippen molar-refractivity contribution < 1.29 is 0 Å². The molecule has 1 aliphatic carbocycles. The molecular formula is C18H16ClN3. The summed E-state index contributed by atoms with van der Waals surface area (Å²) in [5.74, 6) is 0. The van der Waals surface area contributed by atoms with Gasteiger partial charge < -0.3 is 0 Å². The molecule has 0 radical (unpaired) electrons. The first-order valence-corrected chi connectivity index (χ1v) is 7.90. The van der Waals surface area contributed by atoms with Crippen LogP contribution in [0.1, 0.15) is 37.0 Å². The number of aromatic nitrogens is 2. The SMILES string of the molecule is CC1(C)CCc2c(c(Cl)n3c(nc4ccccc43)c2C#N)C1. The number of rotatable bonds is 0. The molecule has 2 aromatic heterocycles. The number of hydrogen-bond acceptors (Lipinski definition) is 2. The van der Waals surface area contributed by atoms with Crippen molar-refractivity contribution in [3.8, 4) is 6.07 Å². The van der Waals surface area contributed by atoms with Gasteiger partial charge in [0.15, 0.2) is 5.65 Å². The van der Waals surface area contributed by atoms with Gasteiger partial charge in [-0.25, -0.2) is 4.98 Å². The third-order valence-corrected chi connectivity index (χ3v) is 5.11. The Bertz CT molecular complexity index is 960. The molecule has 0 N–H and O–H groups in total. The van der Waals surface area contributed by atoms with Crippen molar-refractivity contribution in [3.63, 3.8) is 0 Å². The number of imidazole rings is 1. The number of nitriles is 1. The maximum Gasteiger partial charge on any atom is 0.157 e. The average molecular weight is 310 g/mol. The van der Waals surface area contributed by atoms with E-state index in [1.165, 1.54) is 0 Å². The summed E-state index contributed by atoms with van der Waals surface area (Å²) in [4.78, 5) is 4.65. The van der Waals surface area contributed by atoms with Crippen LogP contribution >= 0.6 is 11.6 Å². The molecule has 0 atom stereocenters. The molecule has 0 unspecified atom stereocenters. The average Bonchev–Trinajstić information content (AvgIpc) is 2.87. The number of nitrogens with zero attached hydrogens (tertiary/aromatic N) is 3. The highest BCUT2D eigenvalue weighted by Crippen LogP contribution is 2.41. The van der Waals surface area contributed by atoms with E-state index >= 15 is 0 Å². The first-order valence-electron chi connectivity index (χ1n) is 7.52. The van der Waals surface area contributed by atoms with E-state index in [0.29, 0.717) is 16.4 Å². The third kappa shape index (κ3) is 1.77. The van der Waals surface area contributed by atoms with E-state index < -0.39 is 0 Å². The van der Waals surface area contributed by atoms with E-state index in [1.807, 2.05) is 28.7 Å². The van der Waals surface area contributed by atoms with Crippen LogP contribution in [0, 0.1) is 16.7 Å². The predicted molar refractivity (Wildman–Crippen MR) is 88.2 cm³/mol. The van der Waals surface area contributed by atoms with Gasteiger partial charge in [-0.1, -0.05) is 37.6 Å². The maximum absolute atomic E-state index is 9.69. The molecule has 110 valence electrons. The van der Waals surface area contributed by atoms with Crippen molar-refractivity contribution in [2.45, 2.75) is 33.1 Å². The lowest BCUT2D eigenvalue weighted by molar-refractivity contribution is 0.314. The normalized spacial score (nSPS) is 16.6. The van der Waals surface area contributed by atoms with Crippen molar-refractivity contribution >= 4 is 28.3 Å². The minimum Gasteiger partial charge on any atom is -0.281 e. The number of fused-ring (bicyclic) bond motifs is 4. The zero-order valence-electron chi connectivity index (χ0n) is 12.7. The fraction of sp³-hybridized carbons (Fsp3) is 0.333. The second-order valence-corrected chi connectivity index (χ2v) is 7.19. The zero-order valence-corrected chi connectivity index (χ0v) is 13.4.